The van der Waals surface area contributed by atoms with E-state index in [9.17, 15) is 5.11 Å². The molecule has 3 N–H and O–H groups in total. The molecule has 1 rings (SSSR count). The first-order valence-electron chi connectivity index (χ1n) is 4.97. The van der Waals surface area contributed by atoms with Gasteiger partial charge in [0.25, 0.3) is 0 Å². The molecule has 0 spiro atoms. The lowest BCUT2D eigenvalue weighted by atomic mass is 9.63. The van der Waals surface area contributed by atoms with E-state index in [0.29, 0.717) is 5.92 Å². The standard InChI is InChI=1S/C10H21NO/c1-8(2)6-9(11)10(7-12)4-3-5-10/h8-9,12H,3-7,11H2,1-2H3. The molecule has 72 valence electrons. The fraction of sp³-hybridized carbons (Fsp3) is 1.00. The zero-order valence-electron chi connectivity index (χ0n) is 8.21. The van der Waals surface area contributed by atoms with Crippen LogP contribution in [0.3, 0.4) is 0 Å². The van der Waals surface area contributed by atoms with Crippen LogP contribution in [0.4, 0.5) is 0 Å². The number of nitrogens with two attached hydrogens (primary N) is 1. The predicted molar refractivity (Wildman–Crippen MR) is 50.8 cm³/mol. The second-order valence-electron chi connectivity index (χ2n) is 4.61. The van der Waals surface area contributed by atoms with Crippen LogP contribution < -0.4 is 5.73 Å². The lowest BCUT2D eigenvalue weighted by Crippen LogP contribution is -2.49. The summed E-state index contributed by atoms with van der Waals surface area (Å²) >= 11 is 0. The highest BCUT2D eigenvalue weighted by atomic mass is 16.3. The van der Waals surface area contributed by atoms with E-state index in [1.54, 1.807) is 0 Å². The van der Waals surface area contributed by atoms with Crippen molar-refractivity contribution >= 4 is 0 Å². The van der Waals surface area contributed by atoms with Gasteiger partial charge in [0.05, 0.1) is 6.61 Å². The summed E-state index contributed by atoms with van der Waals surface area (Å²) in [5, 5.41) is 9.24. The topological polar surface area (TPSA) is 46.2 Å². The van der Waals surface area contributed by atoms with Gasteiger partial charge in [-0.15, -0.1) is 0 Å². The Morgan fingerprint density at radius 2 is 2.00 bits per heavy atom. The molecule has 1 atom stereocenters. The number of aliphatic hydroxyl groups excluding tert-OH is 1. The fourth-order valence-electron chi connectivity index (χ4n) is 2.03. The van der Waals surface area contributed by atoms with Crippen LogP contribution in [-0.2, 0) is 0 Å². The van der Waals surface area contributed by atoms with Gasteiger partial charge in [0.1, 0.15) is 0 Å². The number of hydrogen-bond donors (Lipinski definition) is 2. The van der Waals surface area contributed by atoms with E-state index in [1.807, 2.05) is 0 Å². The van der Waals surface area contributed by atoms with Crippen molar-refractivity contribution in [3.05, 3.63) is 0 Å². The molecular weight excluding hydrogens is 150 g/mol. The highest BCUT2D eigenvalue weighted by Gasteiger charge is 2.41. The summed E-state index contributed by atoms with van der Waals surface area (Å²) in [6, 6.07) is 0.205. The Balaban J connectivity index is 2.43. The highest BCUT2D eigenvalue weighted by Crippen LogP contribution is 2.44. The normalized spacial score (nSPS) is 23.8. The molecule has 0 aromatic carbocycles. The van der Waals surface area contributed by atoms with Gasteiger partial charge in [-0.3, -0.25) is 0 Å². The van der Waals surface area contributed by atoms with Crippen molar-refractivity contribution in [2.24, 2.45) is 17.1 Å². The van der Waals surface area contributed by atoms with Gasteiger partial charge >= 0.3 is 0 Å². The van der Waals surface area contributed by atoms with Crippen molar-refractivity contribution in [3.63, 3.8) is 0 Å². The predicted octanol–water partition coefficient (Wildman–Crippen LogP) is 1.52. The minimum absolute atomic E-state index is 0.0876. The molecule has 0 aromatic rings. The Morgan fingerprint density at radius 1 is 1.42 bits per heavy atom. The Morgan fingerprint density at radius 3 is 2.25 bits per heavy atom. The Labute approximate surface area is 75.2 Å². The molecule has 0 bridgehead atoms. The molecule has 1 aliphatic carbocycles. The van der Waals surface area contributed by atoms with E-state index in [2.05, 4.69) is 13.8 Å². The first-order valence-corrected chi connectivity index (χ1v) is 4.97. The van der Waals surface area contributed by atoms with Crippen LogP contribution >= 0.6 is 0 Å². The van der Waals surface area contributed by atoms with E-state index in [0.717, 1.165) is 19.3 Å². The number of hydrogen-bond acceptors (Lipinski definition) is 2. The molecule has 1 fully saturated rings. The van der Waals surface area contributed by atoms with Crippen molar-refractivity contribution in [3.8, 4) is 0 Å². The quantitative estimate of drug-likeness (QED) is 0.673. The van der Waals surface area contributed by atoms with Gasteiger partial charge < -0.3 is 10.8 Å². The monoisotopic (exact) mass is 171 g/mol. The molecule has 1 unspecified atom stereocenters. The summed E-state index contributed by atoms with van der Waals surface area (Å²) in [5.74, 6) is 0.643. The average molecular weight is 171 g/mol. The van der Waals surface area contributed by atoms with Crippen molar-refractivity contribution in [2.45, 2.75) is 45.6 Å². The summed E-state index contributed by atoms with van der Waals surface area (Å²) in [7, 11) is 0. The molecule has 0 heterocycles. The van der Waals surface area contributed by atoms with Crippen LogP contribution in [0.25, 0.3) is 0 Å². The van der Waals surface area contributed by atoms with Crippen LogP contribution in [-0.4, -0.2) is 17.8 Å². The van der Waals surface area contributed by atoms with Crippen LogP contribution in [0.15, 0.2) is 0 Å². The molecule has 0 aliphatic heterocycles. The van der Waals surface area contributed by atoms with Gasteiger partial charge in [-0.1, -0.05) is 20.3 Å². The maximum absolute atomic E-state index is 9.24. The molecule has 0 aromatic heterocycles. The molecule has 1 aliphatic rings. The largest absolute Gasteiger partial charge is 0.396 e. The summed E-state index contributed by atoms with van der Waals surface area (Å²) < 4.78 is 0. The third-order valence-electron chi connectivity index (χ3n) is 3.18. The number of rotatable bonds is 4. The maximum atomic E-state index is 9.24. The summed E-state index contributed by atoms with van der Waals surface area (Å²) in [4.78, 5) is 0. The minimum Gasteiger partial charge on any atom is -0.396 e. The maximum Gasteiger partial charge on any atom is 0.0502 e. The molecule has 0 amide bonds. The second kappa shape index (κ2) is 3.75. The second-order valence-corrected chi connectivity index (χ2v) is 4.61. The van der Waals surface area contributed by atoms with Crippen LogP contribution in [0.5, 0.6) is 0 Å². The van der Waals surface area contributed by atoms with Crippen LogP contribution in [0.2, 0.25) is 0 Å². The van der Waals surface area contributed by atoms with Crippen molar-refractivity contribution in [2.75, 3.05) is 6.61 Å². The molecule has 0 saturated heterocycles. The van der Waals surface area contributed by atoms with Crippen LogP contribution in [0, 0.1) is 11.3 Å². The van der Waals surface area contributed by atoms with Gasteiger partial charge in [0.2, 0.25) is 0 Å². The number of aliphatic hydroxyl groups is 1. The van der Waals surface area contributed by atoms with Gasteiger partial charge in [0, 0.05) is 11.5 Å². The SMILES string of the molecule is CC(C)CC(N)C1(CO)CCC1. The summed E-state index contributed by atoms with van der Waals surface area (Å²) in [6.45, 7) is 4.65. The Kier molecular flexibility index (Phi) is 3.13. The zero-order chi connectivity index (χ0) is 9.19. The smallest absolute Gasteiger partial charge is 0.0502 e. The van der Waals surface area contributed by atoms with Crippen molar-refractivity contribution < 1.29 is 5.11 Å². The Bertz CT molecular complexity index is 135. The lowest BCUT2D eigenvalue weighted by molar-refractivity contribution is 0.0130. The van der Waals surface area contributed by atoms with E-state index < -0.39 is 0 Å². The fourth-order valence-corrected chi connectivity index (χ4v) is 2.03. The van der Waals surface area contributed by atoms with Gasteiger partial charge in [-0.25, -0.2) is 0 Å². The summed E-state index contributed by atoms with van der Waals surface area (Å²) in [6.07, 6.45) is 4.53. The van der Waals surface area contributed by atoms with E-state index in [4.69, 9.17) is 5.73 Å². The van der Waals surface area contributed by atoms with Gasteiger partial charge in [0.15, 0.2) is 0 Å². The summed E-state index contributed by atoms with van der Waals surface area (Å²) in [5.41, 5.74) is 6.15. The molecule has 12 heavy (non-hydrogen) atoms. The first-order chi connectivity index (χ1) is 5.60. The van der Waals surface area contributed by atoms with Crippen molar-refractivity contribution in [1.82, 2.24) is 0 Å². The van der Waals surface area contributed by atoms with E-state index in [1.165, 1.54) is 6.42 Å². The molecule has 2 heteroatoms. The molecule has 1 saturated carbocycles. The lowest BCUT2D eigenvalue weighted by Gasteiger charge is -2.45. The van der Waals surface area contributed by atoms with Gasteiger partial charge in [-0.2, -0.15) is 0 Å². The highest BCUT2D eigenvalue weighted by molar-refractivity contribution is 4.95. The van der Waals surface area contributed by atoms with Crippen molar-refractivity contribution in [1.29, 1.82) is 0 Å². The molecule has 0 radical (unpaired) electrons. The molecule has 2 nitrogen and oxygen atoms in total. The van der Waals surface area contributed by atoms with E-state index >= 15 is 0 Å². The Hall–Kier alpha value is -0.0800. The first kappa shape index (κ1) is 10.0. The molecular formula is C10H21NO. The third-order valence-corrected chi connectivity index (χ3v) is 3.18. The average Bonchev–Trinajstić information content (AvgIpc) is 1.83. The minimum atomic E-state index is 0.0876. The van der Waals surface area contributed by atoms with Crippen LogP contribution in [0.1, 0.15) is 39.5 Å². The van der Waals surface area contributed by atoms with Gasteiger partial charge in [-0.05, 0) is 25.2 Å². The third kappa shape index (κ3) is 1.80. The zero-order valence-corrected chi connectivity index (χ0v) is 8.21. The van der Waals surface area contributed by atoms with E-state index in [-0.39, 0.29) is 18.1 Å².